The summed E-state index contributed by atoms with van der Waals surface area (Å²) in [6.07, 6.45) is 14.8. The monoisotopic (exact) mass is 444 g/mol. The molecule has 2 aromatic rings. The van der Waals surface area contributed by atoms with Gasteiger partial charge in [0.2, 0.25) is 5.75 Å². The Morgan fingerprint density at radius 2 is 1.47 bits per heavy atom. The summed E-state index contributed by atoms with van der Waals surface area (Å²) in [7, 11) is 3.41. The van der Waals surface area contributed by atoms with Crippen molar-refractivity contribution < 1.29 is 9.47 Å². The molecule has 0 spiro atoms. The van der Waals surface area contributed by atoms with Crippen LogP contribution in [0.4, 0.5) is 5.69 Å². The number of hydrogen-bond donors (Lipinski definition) is 1. The normalized spacial score (nSPS) is 11.1. The molecular weight excluding hydrogens is 400 g/mol. The van der Waals surface area contributed by atoms with Crippen LogP contribution in [0.3, 0.4) is 0 Å². The van der Waals surface area contributed by atoms with Crippen molar-refractivity contribution in [3.63, 3.8) is 0 Å². The van der Waals surface area contributed by atoms with Crippen LogP contribution in [-0.2, 0) is 7.05 Å². The number of ether oxygens (including phenoxy) is 2. The first-order valence-electron chi connectivity index (χ1n) is 12.7. The minimum atomic E-state index is -0.145. The number of rotatable bonds is 17. The summed E-state index contributed by atoms with van der Waals surface area (Å²) in [5.41, 5.74) is 1.74. The highest BCUT2D eigenvalue weighted by atomic mass is 16.5. The zero-order valence-corrected chi connectivity index (χ0v) is 20.8. The molecule has 5 nitrogen and oxygen atoms in total. The number of hydrogen-bond acceptors (Lipinski definition) is 4. The summed E-state index contributed by atoms with van der Waals surface area (Å²) < 4.78 is 13.2. The predicted molar refractivity (Wildman–Crippen MR) is 136 cm³/mol. The lowest BCUT2D eigenvalue weighted by molar-refractivity contribution is 0.280. The molecule has 0 saturated carbocycles. The van der Waals surface area contributed by atoms with Crippen LogP contribution in [0.15, 0.2) is 23.0 Å². The number of pyridine rings is 1. The summed E-state index contributed by atoms with van der Waals surface area (Å²) in [6.45, 7) is 5.96. The molecule has 1 aromatic carbocycles. The summed E-state index contributed by atoms with van der Waals surface area (Å²) in [5.74, 6) is 0.861. The molecule has 0 unspecified atom stereocenters. The Kier molecular flexibility index (Phi) is 12.1. The highest BCUT2D eigenvalue weighted by Gasteiger charge is 2.17. The van der Waals surface area contributed by atoms with Crippen LogP contribution in [0.1, 0.15) is 90.9 Å². The van der Waals surface area contributed by atoms with Crippen molar-refractivity contribution in [3.8, 4) is 11.5 Å². The second-order valence-corrected chi connectivity index (χ2v) is 8.77. The molecule has 1 aromatic heterocycles. The van der Waals surface area contributed by atoms with Crippen molar-refractivity contribution in [2.45, 2.75) is 90.9 Å². The van der Waals surface area contributed by atoms with Gasteiger partial charge in [-0.3, -0.25) is 4.79 Å². The van der Waals surface area contributed by atoms with Crippen molar-refractivity contribution in [1.29, 1.82) is 0 Å². The third-order valence-corrected chi connectivity index (χ3v) is 6.12. The number of methoxy groups -OCH3 is 1. The Morgan fingerprint density at radius 3 is 2.12 bits per heavy atom. The quantitative estimate of drug-likeness (QED) is 0.265. The molecule has 0 aliphatic heterocycles. The number of fused-ring (bicyclic) bond motifs is 1. The van der Waals surface area contributed by atoms with Gasteiger partial charge in [0, 0.05) is 24.7 Å². The maximum atomic E-state index is 13.0. The molecule has 0 radical (unpaired) electrons. The topological polar surface area (TPSA) is 52.5 Å². The molecule has 0 saturated heterocycles. The van der Waals surface area contributed by atoms with Gasteiger partial charge in [-0.2, -0.15) is 0 Å². The maximum Gasteiger partial charge on any atom is 0.297 e. The number of aromatic nitrogens is 1. The largest absolute Gasteiger partial charge is 0.492 e. The first kappa shape index (κ1) is 26.1. The number of aryl methyl sites for hydroxylation is 1. The first-order valence-corrected chi connectivity index (χ1v) is 12.7. The summed E-state index contributed by atoms with van der Waals surface area (Å²) in [5, 5.41) is 4.40. The molecule has 2 rings (SSSR count). The Bertz CT molecular complexity index is 860. The highest BCUT2D eigenvalue weighted by Crippen LogP contribution is 2.33. The minimum absolute atomic E-state index is 0.145. The van der Waals surface area contributed by atoms with Gasteiger partial charge in [0.15, 0.2) is 5.75 Å². The van der Waals surface area contributed by atoms with E-state index in [4.69, 9.17) is 9.47 Å². The van der Waals surface area contributed by atoms with Crippen molar-refractivity contribution in [2.75, 3.05) is 25.6 Å². The van der Waals surface area contributed by atoms with Crippen molar-refractivity contribution in [3.05, 3.63) is 28.6 Å². The third kappa shape index (κ3) is 7.75. The lowest BCUT2D eigenvalue weighted by atomic mass is 10.1. The van der Waals surface area contributed by atoms with Crippen molar-refractivity contribution in [1.82, 2.24) is 4.57 Å². The van der Waals surface area contributed by atoms with Crippen LogP contribution >= 0.6 is 0 Å². The second-order valence-electron chi connectivity index (χ2n) is 8.77. The van der Waals surface area contributed by atoms with Crippen LogP contribution < -0.4 is 20.3 Å². The molecule has 180 valence electrons. The van der Waals surface area contributed by atoms with E-state index in [-0.39, 0.29) is 5.56 Å². The van der Waals surface area contributed by atoms with Crippen LogP contribution in [0, 0.1) is 0 Å². The van der Waals surface area contributed by atoms with Crippen LogP contribution in [0.2, 0.25) is 0 Å². The van der Waals surface area contributed by atoms with Gasteiger partial charge < -0.3 is 19.4 Å². The van der Waals surface area contributed by atoms with E-state index in [1.165, 1.54) is 57.8 Å². The lowest BCUT2D eigenvalue weighted by Gasteiger charge is -2.16. The van der Waals surface area contributed by atoms with Crippen molar-refractivity contribution >= 4 is 16.6 Å². The standard InChI is InChI=1S/C27H44N2O3/c1-5-7-9-11-13-15-19-28-22-17-18-23-24(21-22)29(3)27(30)26(25(23)31-4)32-20-16-14-12-10-8-6-2/h17-18,21,28H,5-16,19-20H2,1-4H3. The molecule has 0 aliphatic carbocycles. The zero-order chi connectivity index (χ0) is 23.2. The van der Waals surface area contributed by atoms with E-state index in [0.717, 1.165) is 42.4 Å². The van der Waals surface area contributed by atoms with Gasteiger partial charge in [0.25, 0.3) is 5.56 Å². The van der Waals surface area contributed by atoms with Gasteiger partial charge in [-0.1, -0.05) is 78.1 Å². The lowest BCUT2D eigenvalue weighted by Crippen LogP contribution is -2.21. The third-order valence-electron chi connectivity index (χ3n) is 6.12. The number of unbranched alkanes of at least 4 members (excludes halogenated alkanes) is 10. The highest BCUT2D eigenvalue weighted by molar-refractivity contribution is 5.90. The van der Waals surface area contributed by atoms with E-state index < -0.39 is 0 Å². The van der Waals surface area contributed by atoms with Crippen LogP contribution in [0.25, 0.3) is 10.9 Å². The van der Waals surface area contributed by atoms with Gasteiger partial charge in [0.1, 0.15) is 0 Å². The number of benzene rings is 1. The fourth-order valence-electron chi connectivity index (χ4n) is 4.12. The fraction of sp³-hybridized carbons (Fsp3) is 0.667. The van der Waals surface area contributed by atoms with E-state index in [9.17, 15) is 4.79 Å². The summed E-state index contributed by atoms with van der Waals surface area (Å²) in [6, 6.07) is 6.12. The second kappa shape index (κ2) is 14.8. The Labute approximate surface area is 194 Å². The molecule has 1 N–H and O–H groups in total. The summed E-state index contributed by atoms with van der Waals surface area (Å²) >= 11 is 0. The molecule has 32 heavy (non-hydrogen) atoms. The van der Waals surface area contributed by atoms with Gasteiger partial charge in [-0.15, -0.1) is 0 Å². The Morgan fingerprint density at radius 1 is 0.844 bits per heavy atom. The SMILES string of the molecule is CCCCCCCCNc1ccc2c(OC)c(OCCCCCCCC)c(=O)n(C)c2c1. The molecule has 0 fully saturated rings. The van der Waals surface area contributed by atoms with Gasteiger partial charge in [0.05, 0.1) is 19.2 Å². The van der Waals surface area contributed by atoms with E-state index in [1.54, 1.807) is 18.7 Å². The molecule has 0 aliphatic rings. The van der Waals surface area contributed by atoms with E-state index in [0.29, 0.717) is 18.1 Å². The predicted octanol–water partition coefficient (Wildman–Crippen LogP) is 7.06. The minimum Gasteiger partial charge on any atom is -0.492 e. The molecule has 0 atom stereocenters. The number of nitrogens with zero attached hydrogens (tertiary/aromatic N) is 1. The number of nitrogens with one attached hydrogen (secondary N) is 1. The summed E-state index contributed by atoms with van der Waals surface area (Å²) in [4.78, 5) is 13.0. The molecule has 0 bridgehead atoms. The van der Waals surface area contributed by atoms with E-state index in [1.807, 2.05) is 12.1 Å². The Hall–Kier alpha value is -2.17. The fourth-order valence-corrected chi connectivity index (χ4v) is 4.12. The van der Waals surface area contributed by atoms with E-state index in [2.05, 4.69) is 25.2 Å². The molecule has 1 heterocycles. The average molecular weight is 445 g/mol. The first-order chi connectivity index (χ1) is 15.6. The zero-order valence-electron chi connectivity index (χ0n) is 20.8. The van der Waals surface area contributed by atoms with Gasteiger partial charge in [-0.25, -0.2) is 0 Å². The average Bonchev–Trinajstić information content (AvgIpc) is 2.81. The van der Waals surface area contributed by atoms with Crippen LogP contribution in [0.5, 0.6) is 11.5 Å². The molecule has 0 amide bonds. The van der Waals surface area contributed by atoms with Crippen LogP contribution in [-0.4, -0.2) is 24.8 Å². The smallest absolute Gasteiger partial charge is 0.297 e. The number of anilines is 1. The maximum absolute atomic E-state index is 13.0. The molecular formula is C27H44N2O3. The Balaban J connectivity index is 2.01. The van der Waals surface area contributed by atoms with Gasteiger partial charge >= 0.3 is 0 Å². The van der Waals surface area contributed by atoms with Crippen molar-refractivity contribution in [2.24, 2.45) is 7.05 Å². The molecule has 5 heteroatoms. The van der Waals surface area contributed by atoms with Gasteiger partial charge in [-0.05, 0) is 31.0 Å². The van der Waals surface area contributed by atoms with E-state index >= 15 is 0 Å².